The predicted octanol–water partition coefficient (Wildman–Crippen LogP) is 3.62. The topological polar surface area (TPSA) is 0 Å². The van der Waals surface area contributed by atoms with E-state index in [9.17, 15) is 0 Å². The molecule has 0 spiro atoms. The van der Waals surface area contributed by atoms with Gasteiger partial charge in [-0.3, -0.25) is 0 Å². The van der Waals surface area contributed by atoms with Gasteiger partial charge in [-0.2, -0.15) is 0 Å². The van der Waals surface area contributed by atoms with Gasteiger partial charge in [0.25, 0.3) is 0 Å². The fourth-order valence-electron chi connectivity index (χ4n) is 1.47. The van der Waals surface area contributed by atoms with Crippen molar-refractivity contribution in [1.82, 2.24) is 0 Å². The second-order valence-corrected chi connectivity index (χ2v) is 5.77. The van der Waals surface area contributed by atoms with E-state index >= 15 is 0 Å². The summed E-state index contributed by atoms with van der Waals surface area (Å²) in [6.07, 6.45) is 5.79. The van der Waals surface area contributed by atoms with Crippen LogP contribution >= 0.6 is 21.6 Å². The summed E-state index contributed by atoms with van der Waals surface area (Å²) in [6.45, 7) is 4.61. The first-order valence-corrected chi connectivity index (χ1v) is 6.23. The quantitative estimate of drug-likeness (QED) is 0.571. The van der Waals surface area contributed by atoms with Crippen molar-refractivity contribution >= 4 is 21.6 Å². The van der Waals surface area contributed by atoms with Gasteiger partial charge in [0.05, 0.1) is 0 Å². The van der Waals surface area contributed by atoms with Gasteiger partial charge in [0, 0.05) is 10.2 Å². The first-order valence-electron chi connectivity index (χ1n) is 4.02. The van der Waals surface area contributed by atoms with Gasteiger partial charge in [-0.05, 0) is 17.9 Å². The summed E-state index contributed by atoms with van der Waals surface area (Å²) in [5.41, 5.74) is 1.61. The zero-order valence-corrected chi connectivity index (χ0v) is 8.47. The molecule has 60 valence electrons. The molecule has 0 N–H and O–H groups in total. The molecular weight excluding hydrogens is 172 g/mol. The van der Waals surface area contributed by atoms with E-state index < -0.39 is 0 Å². The number of allylic oxidation sites excluding steroid dienone is 3. The standard InChI is InChI=1S/C9H12S2/c1-6(2)9-7-4-3-5-8(7)10-11-9/h3-4,6,9H,5H2,1-2H3. The molecule has 0 aromatic rings. The first kappa shape index (κ1) is 7.81. The van der Waals surface area contributed by atoms with Crippen molar-refractivity contribution in [2.24, 2.45) is 5.92 Å². The normalized spacial score (nSPS) is 28.8. The summed E-state index contributed by atoms with van der Waals surface area (Å²) in [5.74, 6) is 0.780. The average molecular weight is 184 g/mol. The lowest BCUT2D eigenvalue weighted by atomic mass is 10.0. The molecule has 2 heteroatoms. The number of hydrogen-bond acceptors (Lipinski definition) is 2. The molecule has 2 rings (SSSR count). The largest absolute Gasteiger partial charge is 0.0807 e. The highest BCUT2D eigenvalue weighted by Crippen LogP contribution is 2.53. The summed E-state index contributed by atoms with van der Waals surface area (Å²) < 4.78 is 0. The average Bonchev–Trinajstić information content (AvgIpc) is 2.41. The molecule has 0 fully saturated rings. The molecule has 0 saturated carbocycles. The molecule has 0 amide bonds. The molecule has 0 radical (unpaired) electrons. The Morgan fingerprint density at radius 1 is 1.55 bits per heavy atom. The zero-order valence-electron chi connectivity index (χ0n) is 6.83. The smallest absolute Gasteiger partial charge is 0.0435 e. The van der Waals surface area contributed by atoms with Crippen molar-refractivity contribution in [2.75, 3.05) is 0 Å². The minimum atomic E-state index is 0.758. The highest BCUT2D eigenvalue weighted by atomic mass is 33.1. The van der Waals surface area contributed by atoms with Crippen molar-refractivity contribution < 1.29 is 0 Å². The second kappa shape index (κ2) is 2.91. The van der Waals surface area contributed by atoms with Crippen molar-refractivity contribution in [1.29, 1.82) is 0 Å². The van der Waals surface area contributed by atoms with Gasteiger partial charge >= 0.3 is 0 Å². The lowest BCUT2D eigenvalue weighted by Crippen LogP contribution is -2.08. The zero-order chi connectivity index (χ0) is 7.84. The van der Waals surface area contributed by atoms with E-state index in [1.165, 1.54) is 6.42 Å². The molecule has 11 heavy (non-hydrogen) atoms. The molecule has 1 unspecified atom stereocenters. The monoisotopic (exact) mass is 184 g/mol. The minimum Gasteiger partial charge on any atom is -0.0807 e. The highest BCUT2D eigenvalue weighted by molar-refractivity contribution is 8.78. The summed E-state index contributed by atoms with van der Waals surface area (Å²) in [7, 11) is 4.02. The third-order valence-corrected chi connectivity index (χ3v) is 5.31. The van der Waals surface area contributed by atoms with E-state index in [2.05, 4.69) is 26.0 Å². The van der Waals surface area contributed by atoms with Gasteiger partial charge < -0.3 is 0 Å². The molecule has 0 bridgehead atoms. The lowest BCUT2D eigenvalue weighted by molar-refractivity contribution is 0.668. The van der Waals surface area contributed by atoms with Crippen LogP contribution in [0.5, 0.6) is 0 Å². The Morgan fingerprint density at radius 2 is 2.36 bits per heavy atom. The Labute approximate surface area is 75.9 Å². The van der Waals surface area contributed by atoms with Crippen LogP contribution in [0, 0.1) is 5.92 Å². The lowest BCUT2D eigenvalue weighted by Gasteiger charge is -2.13. The van der Waals surface area contributed by atoms with E-state index in [4.69, 9.17) is 0 Å². The Hall–Kier alpha value is 0.180. The van der Waals surface area contributed by atoms with E-state index in [0.717, 1.165) is 11.2 Å². The van der Waals surface area contributed by atoms with Crippen LogP contribution in [0.25, 0.3) is 0 Å². The Balaban J connectivity index is 2.21. The van der Waals surface area contributed by atoms with Crippen LogP contribution in [0.2, 0.25) is 0 Å². The van der Waals surface area contributed by atoms with Crippen LogP contribution in [0.1, 0.15) is 20.3 Å². The van der Waals surface area contributed by atoms with Crippen molar-refractivity contribution in [3.63, 3.8) is 0 Å². The summed E-state index contributed by atoms with van der Waals surface area (Å²) in [5, 5.41) is 0.758. The Kier molecular flexibility index (Phi) is 2.06. The predicted molar refractivity (Wildman–Crippen MR) is 54.6 cm³/mol. The molecule has 0 aromatic heterocycles. The maximum Gasteiger partial charge on any atom is 0.0435 e. The van der Waals surface area contributed by atoms with Crippen LogP contribution in [0.3, 0.4) is 0 Å². The summed E-state index contributed by atoms with van der Waals surface area (Å²) in [4.78, 5) is 1.61. The van der Waals surface area contributed by atoms with Crippen molar-refractivity contribution in [3.8, 4) is 0 Å². The minimum absolute atomic E-state index is 0.758. The maximum absolute atomic E-state index is 2.31. The van der Waals surface area contributed by atoms with Gasteiger partial charge in [0.1, 0.15) is 0 Å². The maximum atomic E-state index is 2.31. The molecule has 0 aromatic carbocycles. The van der Waals surface area contributed by atoms with Crippen LogP contribution in [0.15, 0.2) is 22.6 Å². The van der Waals surface area contributed by atoms with Gasteiger partial charge in [-0.25, -0.2) is 0 Å². The molecule has 2 aliphatic rings. The van der Waals surface area contributed by atoms with Crippen LogP contribution < -0.4 is 0 Å². The fraction of sp³-hybridized carbons (Fsp3) is 0.556. The Morgan fingerprint density at radius 3 is 3.09 bits per heavy atom. The van der Waals surface area contributed by atoms with Gasteiger partial charge in [-0.1, -0.05) is 47.6 Å². The fourth-order valence-corrected chi connectivity index (χ4v) is 4.90. The molecule has 1 aliphatic heterocycles. The van der Waals surface area contributed by atoms with Crippen LogP contribution in [-0.2, 0) is 0 Å². The number of hydrogen-bond donors (Lipinski definition) is 0. The molecule has 0 saturated heterocycles. The molecular formula is C9H12S2. The molecule has 0 nitrogen and oxygen atoms in total. The summed E-state index contributed by atoms with van der Waals surface area (Å²) in [6, 6.07) is 0. The Bertz CT molecular complexity index is 226. The van der Waals surface area contributed by atoms with Crippen LogP contribution in [-0.4, -0.2) is 5.25 Å². The molecule has 1 atom stereocenters. The van der Waals surface area contributed by atoms with E-state index in [1.54, 1.807) is 10.5 Å². The number of rotatable bonds is 1. The highest BCUT2D eigenvalue weighted by Gasteiger charge is 2.29. The van der Waals surface area contributed by atoms with Crippen molar-refractivity contribution in [3.05, 3.63) is 22.6 Å². The summed E-state index contributed by atoms with van der Waals surface area (Å²) >= 11 is 0. The van der Waals surface area contributed by atoms with Crippen LogP contribution in [0.4, 0.5) is 0 Å². The van der Waals surface area contributed by atoms with Gasteiger partial charge in [0.2, 0.25) is 0 Å². The second-order valence-electron chi connectivity index (χ2n) is 3.33. The van der Waals surface area contributed by atoms with E-state index in [0.29, 0.717) is 0 Å². The third-order valence-electron chi connectivity index (χ3n) is 2.09. The molecule has 1 aliphatic carbocycles. The van der Waals surface area contributed by atoms with E-state index in [-0.39, 0.29) is 0 Å². The SMILES string of the molecule is CC(C)C1SSC2=C1C=CC2. The van der Waals surface area contributed by atoms with Gasteiger partial charge in [0.15, 0.2) is 0 Å². The van der Waals surface area contributed by atoms with E-state index in [1.807, 2.05) is 21.6 Å². The third kappa shape index (κ3) is 1.27. The van der Waals surface area contributed by atoms with Crippen molar-refractivity contribution in [2.45, 2.75) is 25.5 Å². The molecule has 1 heterocycles. The van der Waals surface area contributed by atoms with Gasteiger partial charge in [-0.15, -0.1) is 0 Å². The first-order chi connectivity index (χ1) is 5.29.